The van der Waals surface area contributed by atoms with Crippen LogP contribution in [-0.4, -0.2) is 24.3 Å². The van der Waals surface area contributed by atoms with E-state index in [0.717, 1.165) is 6.07 Å². The van der Waals surface area contributed by atoms with E-state index in [1.54, 1.807) is 13.8 Å². The van der Waals surface area contributed by atoms with Crippen molar-refractivity contribution in [3.8, 4) is 5.75 Å². The number of rotatable bonds is 8. The SMILES string of the molecule is CCOP(=O)(OCC)Oc1ccc2c(CC(=O)O)cc(=O)oc2c1. The van der Waals surface area contributed by atoms with Crippen molar-refractivity contribution in [2.75, 3.05) is 13.2 Å². The molecule has 2 rings (SSSR count). The molecule has 0 fully saturated rings. The van der Waals surface area contributed by atoms with Crippen molar-refractivity contribution < 1.29 is 32.5 Å². The molecule has 0 unspecified atom stereocenters. The van der Waals surface area contributed by atoms with E-state index in [-0.39, 0.29) is 31.0 Å². The summed E-state index contributed by atoms with van der Waals surface area (Å²) in [5.74, 6) is -0.956. The number of carbonyl (C=O) groups is 1. The average Bonchev–Trinajstić information content (AvgIpc) is 2.46. The largest absolute Gasteiger partial charge is 0.530 e. The van der Waals surface area contributed by atoms with Crippen molar-refractivity contribution >= 4 is 24.8 Å². The molecule has 1 heterocycles. The minimum Gasteiger partial charge on any atom is -0.481 e. The second kappa shape index (κ2) is 7.61. The molecule has 0 saturated heterocycles. The molecule has 0 aliphatic carbocycles. The maximum absolute atomic E-state index is 12.4. The van der Waals surface area contributed by atoms with Crippen LogP contribution in [0.15, 0.2) is 33.5 Å². The predicted molar refractivity (Wildman–Crippen MR) is 85.3 cm³/mol. The van der Waals surface area contributed by atoms with Gasteiger partial charge in [0, 0.05) is 17.5 Å². The Morgan fingerprint density at radius 1 is 1.21 bits per heavy atom. The molecule has 1 N–H and O–H groups in total. The molecule has 8 nitrogen and oxygen atoms in total. The Morgan fingerprint density at radius 2 is 1.88 bits per heavy atom. The zero-order chi connectivity index (χ0) is 17.7. The van der Waals surface area contributed by atoms with Gasteiger partial charge >= 0.3 is 19.4 Å². The van der Waals surface area contributed by atoms with Crippen LogP contribution in [0.2, 0.25) is 0 Å². The molecule has 1 aromatic carbocycles. The Labute approximate surface area is 137 Å². The Morgan fingerprint density at radius 3 is 2.46 bits per heavy atom. The lowest BCUT2D eigenvalue weighted by atomic mass is 10.1. The third-order valence-corrected chi connectivity index (χ3v) is 4.52. The Kier molecular flexibility index (Phi) is 5.77. The van der Waals surface area contributed by atoms with Gasteiger partial charge in [0.2, 0.25) is 0 Å². The van der Waals surface area contributed by atoms with Crippen molar-refractivity contribution in [2.45, 2.75) is 20.3 Å². The zero-order valence-electron chi connectivity index (χ0n) is 13.2. The topological polar surface area (TPSA) is 112 Å². The van der Waals surface area contributed by atoms with Crippen molar-refractivity contribution in [3.05, 3.63) is 40.2 Å². The van der Waals surface area contributed by atoms with Gasteiger partial charge in [-0.15, -0.1) is 0 Å². The maximum atomic E-state index is 12.4. The number of carboxylic acid groups (broad SMARTS) is 1. The van der Waals surface area contributed by atoms with Gasteiger partial charge in [-0.2, -0.15) is 0 Å². The van der Waals surface area contributed by atoms with Crippen LogP contribution in [0.3, 0.4) is 0 Å². The van der Waals surface area contributed by atoms with Gasteiger partial charge in [0.05, 0.1) is 19.6 Å². The second-order valence-corrected chi connectivity index (χ2v) is 6.29. The summed E-state index contributed by atoms with van der Waals surface area (Å²) in [4.78, 5) is 22.5. The molecule has 24 heavy (non-hydrogen) atoms. The van der Waals surface area contributed by atoms with Crippen LogP contribution in [0.1, 0.15) is 19.4 Å². The van der Waals surface area contributed by atoms with E-state index < -0.39 is 19.4 Å². The highest BCUT2D eigenvalue weighted by Crippen LogP contribution is 2.49. The lowest BCUT2D eigenvalue weighted by Gasteiger charge is -2.17. The molecule has 0 amide bonds. The van der Waals surface area contributed by atoms with E-state index in [0.29, 0.717) is 10.9 Å². The number of phosphoric acid groups is 1. The fraction of sp³-hybridized carbons (Fsp3) is 0.333. The number of carboxylic acids is 1. The second-order valence-electron chi connectivity index (χ2n) is 4.69. The fourth-order valence-corrected chi connectivity index (χ4v) is 3.30. The van der Waals surface area contributed by atoms with Crippen LogP contribution in [0, 0.1) is 0 Å². The van der Waals surface area contributed by atoms with Gasteiger partial charge in [-0.3, -0.25) is 13.8 Å². The summed E-state index contributed by atoms with van der Waals surface area (Å²) in [5.41, 5.74) is -0.248. The standard InChI is InChI=1S/C15H17O8P/c1-3-20-24(19,21-4-2)23-11-5-6-12-10(7-14(16)17)8-15(18)22-13(12)9-11/h5-6,8-9H,3-4,7H2,1-2H3,(H,16,17). The summed E-state index contributed by atoms with van der Waals surface area (Å²) in [7, 11) is -3.78. The first-order valence-corrected chi connectivity index (χ1v) is 8.70. The van der Waals surface area contributed by atoms with Gasteiger partial charge in [-0.05, 0) is 31.5 Å². The first-order chi connectivity index (χ1) is 11.4. The quantitative estimate of drug-likeness (QED) is 0.567. The van der Waals surface area contributed by atoms with Gasteiger partial charge in [0.15, 0.2) is 0 Å². The van der Waals surface area contributed by atoms with E-state index in [4.69, 9.17) is 23.1 Å². The van der Waals surface area contributed by atoms with E-state index in [1.165, 1.54) is 18.2 Å². The molecular weight excluding hydrogens is 339 g/mol. The maximum Gasteiger partial charge on any atom is 0.530 e. The highest BCUT2D eigenvalue weighted by molar-refractivity contribution is 7.48. The van der Waals surface area contributed by atoms with Gasteiger partial charge in [0.1, 0.15) is 11.3 Å². The summed E-state index contributed by atoms with van der Waals surface area (Å²) in [5, 5.41) is 9.37. The molecule has 0 saturated carbocycles. The summed E-state index contributed by atoms with van der Waals surface area (Å²) in [6.07, 6.45) is -0.321. The number of aliphatic carboxylic acids is 1. The molecule has 0 radical (unpaired) electrons. The molecule has 0 aliphatic rings. The third kappa shape index (κ3) is 4.44. The highest BCUT2D eigenvalue weighted by Gasteiger charge is 2.27. The van der Waals surface area contributed by atoms with E-state index >= 15 is 0 Å². The van der Waals surface area contributed by atoms with Gasteiger partial charge < -0.3 is 14.0 Å². The Balaban J connectivity index is 2.42. The van der Waals surface area contributed by atoms with E-state index in [2.05, 4.69) is 0 Å². The van der Waals surface area contributed by atoms with E-state index in [1.807, 2.05) is 0 Å². The number of fused-ring (bicyclic) bond motifs is 1. The average molecular weight is 356 g/mol. The highest BCUT2D eigenvalue weighted by atomic mass is 31.2. The summed E-state index contributed by atoms with van der Waals surface area (Å²) >= 11 is 0. The lowest BCUT2D eigenvalue weighted by molar-refractivity contribution is -0.136. The zero-order valence-corrected chi connectivity index (χ0v) is 14.1. The number of benzene rings is 1. The first kappa shape index (κ1) is 18.2. The fourth-order valence-electron chi connectivity index (χ4n) is 2.11. The lowest BCUT2D eigenvalue weighted by Crippen LogP contribution is -2.06. The normalized spacial score (nSPS) is 11.6. The van der Waals surface area contributed by atoms with Gasteiger partial charge in [-0.25, -0.2) is 9.36 Å². The molecule has 0 aliphatic heterocycles. The number of hydrogen-bond acceptors (Lipinski definition) is 7. The van der Waals surface area contributed by atoms with Crippen molar-refractivity contribution in [2.24, 2.45) is 0 Å². The Bertz CT molecular complexity index is 831. The smallest absolute Gasteiger partial charge is 0.481 e. The molecule has 130 valence electrons. The van der Waals surface area contributed by atoms with Crippen LogP contribution in [0.4, 0.5) is 0 Å². The van der Waals surface area contributed by atoms with Crippen LogP contribution in [0.25, 0.3) is 11.0 Å². The molecule has 1 aromatic heterocycles. The van der Waals surface area contributed by atoms with Gasteiger partial charge in [0.25, 0.3) is 0 Å². The number of phosphoric ester groups is 1. The molecule has 0 bridgehead atoms. The third-order valence-electron chi connectivity index (χ3n) is 2.93. The molecule has 9 heteroatoms. The van der Waals surface area contributed by atoms with Crippen LogP contribution < -0.4 is 10.1 Å². The van der Waals surface area contributed by atoms with Crippen LogP contribution >= 0.6 is 7.82 Å². The van der Waals surface area contributed by atoms with Crippen molar-refractivity contribution in [1.82, 2.24) is 0 Å². The predicted octanol–water partition coefficient (Wildman–Crippen LogP) is 2.98. The number of hydrogen-bond donors (Lipinski definition) is 1. The monoisotopic (exact) mass is 356 g/mol. The molecule has 0 spiro atoms. The molecule has 2 aromatic rings. The Hall–Kier alpha value is -2.15. The van der Waals surface area contributed by atoms with E-state index in [9.17, 15) is 14.2 Å². The first-order valence-electron chi connectivity index (χ1n) is 7.24. The van der Waals surface area contributed by atoms with Crippen LogP contribution in [0.5, 0.6) is 5.75 Å². The minimum absolute atomic E-state index is 0.114. The summed E-state index contributed by atoms with van der Waals surface area (Å²) in [6, 6.07) is 5.46. The molecule has 0 atom stereocenters. The van der Waals surface area contributed by atoms with Crippen LogP contribution in [-0.2, 0) is 24.8 Å². The van der Waals surface area contributed by atoms with Crippen molar-refractivity contribution in [3.63, 3.8) is 0 Å². The summed E-state index contributed by atoms with van der Waals surface area (Å²) in [6.45, 7) is 3.55. The minimum atomic E-state index is -3.78. The van der Waals surface area contributed by atoms with Crippen molar-refractivity contribution in [1.29, 1.82) is 0 Å². The molecular formula is C15H17O8P. The summed E-state index contributed by atoms with van der Waals surface area (Å²) < 4.78 is 32.8. The van der Waals surface area contributed by atoms with Gasteiger partial charge in [-0.1, -0.05) is 0 Å².